The highest BCUT2D eigenvalue weighted by atomic mass is 19.1. The first-order valence-electron chi connectivity index (χ1n) is 8.61. The molecule has 4 rings (SSSR count). The molecular weight excluding hydrogens is 333 g/mol. The van der Waals surface area contributed by atoms with E-state index >= 15 is 0 Å². The molecular formula is C19H18FN5O. The monoisotopic (exact) mass is 351 g/mol. The molecule has 4 aromatic rings. The van der Waals surface area contributed by atoms with Gasteiger partial charge in [-0.3, -0.25) is 4.79 Å². The molecule has 0 aliphatic carbocycles. The van der Waals surface area contributed by atoms with Crippen molar-refractivity contribution in [2.45, 2.75) is 33.2 Å². The molecule has 7 heteroatoms. The van der Waals surface area contributed by atoms with E-state index in [4.69, 9.17) is 0 Å². The third kappa shape index (κ3) is 2.56. The van der Waals surface area contributed by atoms with Crippen LogP contribution in [-0.4, -0.2) is 24.4 Å². The normalized spacial score (nSPS) is 11.5. The zero-order chi connectivity index (χ0) is 18.3. The second kappa shape index (κ2) is 6.33. The van der Waals surface area contributed by atoms with Crippen LogP contribution in [-0.2, 0) is 6.54 Å². The third-order valence-corrected chi connectivity index (χ3v) is 4.51. The maximum atomic E-state index is 13.2. The minimum Gasteiger partial charge on any atom is -0.313 e. The molecule has 132 valence electrons. The minimum atomic E-state index is -0.299. The molecule has 0 N–H and O–H groups in total. The highest BCUT2D eigenvalue weighted by molar-refractivity contribution is 5.84. The average Bonchev–Trinajstić information content (AvgIpc) is 2.98. The van der Waals surface area contributed by atoms with Crippen molar-refractivity contribution in [1.29, 1.82) is 0 Å². The first kappa shape index (κ1) is 16.4. The second-order valence-electron chi connectivity index (χ2n) is 6.30. The first-order chi connectivity index (χ1) is 12.6. The summed E-state index contributed by atoms with van der Waals surface area (Å²) in [6, 6.07) is 8.02. The summed E-state index contributed by atoms with van der Waals surface area (Å²) in [4.78, 5) is 12.7. The van der Waals surface area contributed by atoms with E-state index in [-0.39, 0.29) is 11.4 Å². The maximum absolute atomic E-state index is 13.2. The van der Waals surface area contributed by atoms with Gasteiger partial charge >= 0.3 is 0 Å². The van der Waals surface area contributed by atoms with Gasteiger partial charge in [0.2, 0.25) is 0 Å². The van der Waals surface area contributed by atoms with Crippen molar-refractivity contribution >= 4 is 16.7 Å². The highest BCUT2D eigenvalue weighted by Gasteiger charge is 2.17. The van der Waals surface area contributed by atoms with Gasteiger partial charge < -0.3 is 4.57 Å². The number of rotatable bonds is 4. The minimum absolute atomic E-state index is 0.165. The van der Waals surface area contributed by atoms with Gasteiger partial charge in [-0.2, -0.15) is 5.10 Å². The molecule has 0 saturated heterocycles. The van der Waals surface area contributed by atoms with E-state index in [0.717, 1.165) is 29.7 Å². The smallest absolute Gasteiger partial charge is 0.280 e. The fourth-order valence-corrected chi connectivity index (χ4v) is 3.15. The molecule has 0 bridgehead atoms. The largest absolute Gasteiger partial charge is 0.313 e. The van der Waals surface area contributed by atoms with Gasteiger partial charge in [0.1, 0.15) is 11.3 Å². The average molecular weight is 351 g/mol. The van der Waals surface area contributed by atoms with E-state index in [1.54, 1.807) is 27.4 Å². The summed E-state index contributed by atoms with van der Waals surface area (Å²) in [5.41, 5.74) is 3.63. The summed E-state index contributed by atoms with van der Waals surface area (Å²) in [6.45, 7) is 4.60. The molecule has 3 heterocycles. The summed E-state index contributed by atoms with van der Waals surface area (Å²) in [6.07, 6.45) is 3.71. The standard InChI is InChI=1S/C19H18FN5O/c1-3-4-10-24-11-9-15-17(19(24)26)21-22-18-16(12(2)23-25(15)18)13-5-7-14(20)8-6-13/h5-9,11H,3-4,10H2,1-2H3. The summed E-state index contributed by atoms with van der Waals surface area (Å²) in [7, 11) is 0. The van der Waals surface area contributed by atoms with Crippen molar-refractivity contribution in [3.05, 3.63) is 58.4 Å². The molecule has 0 amide bonds. The van der Waals surface area contributed by atoms with Gasteiger partial charge in [-0.15, -0.1) is 10.2 Å². The van der Waals surface area contributed by atoms with E-state index in [9.17, 15) is 9.18 Å². The van der Waals surface area contributed by atoms with E-state index in [2.05, 4.69) is 22.2 Å². The van der Waals surface area contributed by atoms with E-state index in [0.29, 0.717) is 23.2 Å². The van der Waals surface area contributed by atoms with Gasteiger partial charge in [-0.05, 0) is 37.1 Å². The molecule has 0 atom stereocenters. The van der Waals surface area contributed by atoms with Crippen LogP contribution in [0.25, 0.3) is 27.8 Å². The molecule has 1 aromatic carbocycles. The van der Waals surface area contributed by atoms with Crippen LogP contribution in [0.4, 0.5) is 4.39 Å². The molecule has 26 heavy (non-hydrogen) atoms. The lowest BCUT2D eigenvalue weighted by Crippen LogP contribution is -2.21. The molecule has 0 spiro atoms. The number of fused-ring (bicyclic) bond motifs is 3. The second-order valence-corrected chi connectivity index (χ2v) is 6.30. The Labute approximate surface area is 148 Å². The lowest BCUT2D eigenvalue weighted by Gasteiger charge is -2.06. The molecule has 0 fully saturated rings. The highest BCUT2D eigenvalue weighted by Crippen LogP contribution is 2.28. The Bertz CT molecular complexity index is 1160. The van der Waals surface area contributed by atoms with Crippen LogP contribution in [0.5, 0.6) is 0 Å². The summed E-state index contributed by atoms with van der Waals surface area (Å²) < 4.78 is 16.5. The van der Waals surface area contributed by atoms with E-state index in [1.165, 1.54) is 12.1 Å². The van der Waals surface area contributed by atoms with Gasteiger partial charge in [0, 0.05) is 12.7 Å². The SMILES string of the molecule is CCCCn1ccc2c(nnc3c(-c4ccc(F)cc4)c(C)nn32)c1=O. The Morgan fingerprint density at radius 2 is 1.88 bits per heavy atom. The lowest BCUT2D eigenvalue weighted by atomic mass is 10.1. The van der Waals surface area contributed by atoms with Crippen molar-refractivity contribution < 1.29 is 4.39 Å². The number of benzene rings is 1. The van der Waals surface area contributed by atoms with E-state index < -0.39 is 0 Å². The number of pyridine rings is 1. The number of unbranched alkanes of at least 4 members (excludes halogenated alkanes) is 1. The fraction of sp³-hybridized carbons (Fsp3) is 0.263. The van der Waals surface area contributed by atoms with Gasteiger partial charge in [-0.1, -0.05) is 25.5 Å². The zero-order valence-corrected chi connectivity index (χ0v) is 14.6. The van der Waals surface area contributed by atoms with Crippen molar-refractivity contribution in [1.82, 2.24) is 24.4 Å². The molecule has 0 aliphatic heterocycles. The molecule has 0 radical (unpaired) electrons. The Balaban J connectivity index is 1.94. The zero-order valence-electron chi connectivity index (χ0n) is 14.6. The van der Waals surface area contributed by atoms with Crippen LogP contribution >= 0.6 is 0 Å². The Hall–Kier alpha value is -3.09. The van der Waals surface area contributed by atoms with Crippen LogP contribution in [0.3, 0.4) is 0 Å². The van der Waals surface area contributed by atoms with Crippen molar-refractivity contribution in [3.63, 3.8) is 0 Å². The summed E-state index contributed by atoms with van der Waals surface area (Å²) >= 11 is 0. The molecule has 0 aliphatic rings. The number of hydrogen-bond donors (Lipinski definition) is 0. The van der Waals surface area contributed by atoms with Gasteiger partial charge in [0.05, 0.1) is 11.3 Å². The van der Waals surface area contributed by atoms with Crippen LogP contribution in [0.2, 0.25) is 0 Å². The molecule has 3 aromatic heterocycles. The predicted molar refractivity (Wildman–Crippen MR) is 97.6 cm³/mol. The fourth-order valence-electron chi connectivity index (χ4n) is 3.15. The number of halogens is 1. The van der Waals surface area contributed by atoms with Crippen molar-refractivity contribution in [2.75, 3.05) is 0 Å². The quantitative estimate of drug-likeness (QED) is 0.565. The van der Waals surface area contributed by atoms with Crippen LogP contribution in [0.1, 0.15) is 25.5 Å². The number of hydrogen-bond acceptors (Lipinski definition) is 4. The van der Waals surface area contributed by atoms with E-state index in [1.807, 2.05) is 13.0 Å². The van der Waals surface area contributed by atoms with Crippen molar-refractivity contribution in [3.8, 4) is 11.1 Å². The predicted octanol–water partition coefficient (Wildman–Crippen LogP) is 3.35. The lowest BCUT2D eigenvalue weighted by molar-refractivity contribution is 0.615. The van der Waals surface area contributed by atoms with Crippen LogP contribution < -0.4 is 5.56 Å². The molecule has 0 saturated carbocycles. The summed E-state index contributed by atoms with van der Waals surface area (Å²) in [5.74, 6) is -0.299. The maximum Gasteiger partial charge on any atom is 0.280 e. The first-order valence-corrected chi connectivity index (χ1v) is 8.61. The summed E-state index contributed by atoms with van der Waals surface area (Å²) in [5, 5.41) is 13.0. The topological polar surface area (TPSA) is 65.1 Å². The Kier molecular flexibility index (Phi) is 3.99. The number of aryl methyl sites for hydroxylation is 2. The number of aromatic nitrogens is 5. The Morgan fingerprint density at radius 3 is 2.62 bits per heavy atom. The Morgan fingerprint density at radius 1 is 1.12 bits per heavy atom. The third-order valence-electron chi connectivity index (χ3n) is 4.51. The molecule has 6 nitrogen and oxygen atoms in total. The van der Waals surface area contributed by atoms with Gasteiger partial charge in [0.25, 0.3) is 5.56 Å². The van der Waals surface area contributed by atoms with Gasteiger partial charge in [0.15, 0.2) is 11.2 Å². The van der Waals surface area contributed by atoms with Crippen LogP contribution in [0, 0.1) is 12.7 Å². The molecule has 0 unspecified atom stereocenters. The van der Waals surface area contributed by atoms with Gasteiger partial charge in [-0.25, -0.2) is 8.91 Å². The number of nitrogens with zero attached hydrogens (tertiary/aromatic N) is 5. The van der Waals surface area contributed by atoms with Crippen LogP contribution in [0.15, 0.2) is 41.3 Å². The van der Waals surface area contributed by atoms with Crippen molar-refractivity contribution in [2.24, 2.45) is 0 Å².